The molecule has 0 saturated carbocycles. The smallest absolute Gasteiger partial charge is 0.351 e. The Labute approximate surface area is 196 Å². The van der Waals surface area contributed by atoms with Crippen LogP contribution in [0.15, 0.2) is 18.2 Å². The summed E-state index contributed by atoms with van der Waals surface area (Å²) in [5, 5.41) is 0. The number of ether oxygens (including phenoxy) is 4. The summed E-state index contributed by atoms with van der Waals surface area (Å²) in [6.45, 7) is 7.55. The third kappa shape index (κ3) is 6.29. The van der Waals surface area contributed by atoms with Crippen LogP contribution < -0.4 is 4.90 Å². The van der Waals surface area contributed by atoms with Crippen molar-refractivity contribution in [3.8, 4) is 0 Å². The number of amides is 2. The average Bonchev–Trinajstić information content (AvgIpc) is 2.76. The zero-order chi connectivity index (χ0) is 25.0. The van der Waals surface area contributed by atoms with Crippen LogP contribution in [-0.2, 0) is 33.3 Å². The van der Waals surface area contributed by atoms with Gasteiger partial charge in [-0.3, -0.25) is 14.4 Å². The van der Waals surface area contributed by atoms with Crippen LogP contribution in [0.5, 0.6) is 0 Å². The molecule has 0 bridgehead atoms. The highest BCUT2D eigenvalue weighted by atomic mass is 19.1. The van der Waals surface area contributed by atoms with Gasteiger partial charge in [0.15, 0.2) is 6.10 Å². The summed E-state index contributed by atoms with van der Waals surface area (Å²) in [6, 6.07) is 3.63. The molecule has 2 aliphatic rings. The first-order chi connectivity index (χ1) is 16.0. The summed E-state index contributed by atoms with van der Waals surface area (Å²) in [6.07, 6.45) is -3.14. The van der Waals surface area contributed by atoms with E-state index in [2.05, 4.69) is 0 Å². The molecule has 186 valence electrons. The van der Waals surface area contributed by atoms with E-state index in [1.165, 1.54) is 11.0 Å². The van der Waals surface area contributed by atoms with E-state index in [-0.39, 0.29) is 30.3 Å². The molecule has 2 aliphatic heterocycles. The minimum Gasteiger partial charge on any atom is -0.457 e. The Balaban J connectivity index is 1.87. The lowest BCUT2D eigenvalue weighted by Crippen LogP contribution is -2.56. The molecule has 2 atom stereocenters. The third-order valence-corrected chi connectivity index (χ3v) is 5.07. The Hall–Kier alpha value is -3.05. The Bertz CT molecular complexity index is 955. The SMILES string of the molecule is CC(=O)O[C@@H](C(=O)OC(C)(C)C)C1OCCN(c2cc(F)cc(C(=O)N3CCOCC3)c2)C1=O. The number of carbonyl (C=O) groups is 4. The molecular formula is C23H29FN2O8. The largest absolute Gasteiger partial charge is 0.457 e. The molecule has 0 radical (unpaired) electrons. The lowest BCUT2D eigenvalue weighted by Gasteiger charge is -2.36. The summed E-state index contributed by atoms with van der Waals surface area (Å²) >= 11 is 0. The van der Waals surface area contributed by atoms with Gasteiger partial charge in [0.05, 0.1) is 19.8 Å². The molecule has 34 heavy (non-hydrogen) atoms. The quantitative estimate of drug-likeness (QED) is 0.580. The summed E-state index contributed by atoms with van der Waals surface area (Å²) in [4.78, 5) is 53.2. The second-order valence-corrected chi connectivity index (χ2v) is 8.95. The Kier molecular flexibility index (Phi) is 7.88. The molecule has 1 unspecified atom stereocenters. The number of halogens is 1. The van der Waals surface area contributed by atoms with Crippen LogP contribution in [0.4, 0.5) is 10.1 Å². The van der Waals surface area contributed by atoms with E-state index in [4.69, 9.17) is 18.9 Å². The van der Waals surface area contributed by atoms with Crippen LogP contribution >= 0.6 is 0 Å². The number of carbonyl (C=O) groups excluding carboxylic acids is 4. The molecule has 2 amide bonds. The predicted molar refractivity (Wildman–Crippen MR) is 117 cm³/mol. The van der Waals surface area contributed by atoms with E-state index in [1.807, 2.05) is 0 Å². The normalized spacial score (nSPS) is 20.0. The number of morpholine rings is 2. The van der Waals surface area contributed by atoms with E-state index < -0.39 is 41.5 Å². The fraction of sp³-hybridized carbons (Fsp3) is 0.565. The predicted octanol–water partition coefficient (Wildman–Crippen LogP) is 1.30. The van der Waals surface area contributed by atoms with Crippen molar-refractivity contribution >= 4 is 29.4 Å². The standard InChI is InChI=1S/C23H29FN2O8/c1-14(27)33-19(22(30)34-23(2,3)4)18-21(29)26(7-10-32-18)17-12-15(11-16(24)13-17)20(28)25-5-8-31-9-6-25/h11-13,18-19H,5-10H2,1-4H3/t18?,19-/m1/s1. The number of nitrogens with zero attached hydrogens (tertiary/aromatic N) is 2. The van der Waals surface area contributed by atoms with E-state index >= 15 is 0 Å². The van der Waals surface area contributed by atoms with Gasteiger partial charge >= 0.3 is 11.9 Å². The zero-order valence-corrected chi connectivity index (χ0v) is 19.7. The van der Waals surface area contributed by atoms with Crippen molar-refractivity contribution in [1.82, 2.24) is 4.90 Å². The molecule has 3 rings (SSSR count). The van der Waals surface area contributed by atoms with Crippen LogP contribution in [0, 0.1) is 5.82 Å². The first kappa shape index (κ1) is 25.6. The minimum atomic E-state index is -1.64. The maximum atomic E-state index is 14.5. The van der Waals surface area contributed by atoms with Crippen LogP contribution in [0.2, 0.25) is 0 Å². The molecular weight excluding hydrogens is 451 g/mol. The van der Waals surface area contributed by atoms with E-state index in [1.54, 1.807) is 25.7 Å². The van der Waals surface area contributed by atoms with Gasteiger partial charge < -0.3 is 28.7 Å². The van der Waals surface area contributed by atoms with Gasteiger partial charge in [0.2, 0.25) is 6.10 Å². The van der Waals surface area contributed by atoms with Crippen LogP contribution in [0.3, 0.4) is 0 Å². The van der Waals surface area contributed by atoms with Crippen LogP contribution in [0.1, 0.15) is 38.1 Å². The van der Waals surface area contributed by atoms with Gasteiger partial charge in [-0.1, -0.05) is 0 Å². The molecule has 11 heteroatoms. The van der Waals surface area contributed by atoms with Gasteiger partial charge in [0.1, 0.15) is 11.4 Å². The molecule has 10 nitrogen and oxygen atoms in total. The van der Waals surface area contributed by atoms with Crippen LogP contribution in [-0.4, -0.2) is 85.9 Å². The molecule has 0 aliphatic carbocycles. The van der Waals surface area contributed by atoms with E-state index in [0.29, 0.717) is 26.3 Å². The van der Waals surface area contributed by atoms with Gasteiger partial charge in [-0.2, -0.15) is 0 Å². The van der Waals surface area contributed by atoms with Gasteiger partial charge in [0, 0.05) is 37.8 Å². The first-order valence-electron chi connectivity index (χ1n) is 11.0. The third-order valence-electron chi connectivity index (χ3n) is 5.07. The van der Waals surface area contributed by atoms with Crippen LogP contribution in [0.25, 0.3) is 0 Å². The first-order valence-corrected chi connectivity index (χ1v) is 11.0. The molecule has 0 N–H and O–H groups in total. The number of anilines is 1. The minimum absolute atomic E-state index is 0.0137. The monoisotopic (exact) mass is 480 g/mol. The highest BCUT2D eigenvalue weighted by Crippen LogP contribution is 2.26. The number of hydrogen-bond donors (Lipinski definition) is 0. The molecule has 0 aromatic heterocycles. The summed E-state index contributed by atoms with van der Waals surface area (Å²) in [5.74, 6) is -3.54. The molecule has 2 heterocycles. The second kappa shape index (κ2) is 10.5. The Morgan fingerprint density at radius 1 is 1.09 bits per heavy atom. The van der Waals surface area contributed by atoms with E-state index in [0.717, 1.165) is 19.1 Å². The molecule has 2 fully saturated rings. The van der Waals surface area contributed by atoms with Gasteiger partial charge in [-0.05, 0) is 39.0 Å². The summed E-state index contributed by atoms with van der Waals surface area (Å²) in [7, 11) is 0. The van der Waals surface area contributed by atoms with Crippen molar-refractivity contribution < 1.29 is 42.5 Å². The maximum Gasteiger partial charge on any atom is 0.351 e. The number of hydrogen-bond acceptors (Lipinski definition) is 8. The van der Waals surface area contributed by atoms with Crippen molar-refractivity contribution in [1.29, 1.82) is 0 Å². The number of benzene rings is 1. The van der Waals surface area contributed by atoms with Gasteiger partial charge in [0.25, 0.3) is 11.8 Å². The second-order valence-electron chi connectivity index (χ2n) is 8.95. The lowest BCUT2D eigenvalue weighted by molar-refractivity contribution is -0.188. The van der Waals surface area contributed by atoms with Crippen molar-refractivity contribution in [2.45, 2.75) is 45.5 Å². The molecule has 1 aromatic carbocycles. The fourth-order valence-corrected chi connectivity index (χ4v) is 3.65. The highest BCUT2D eigenvalue weighted by molar-refractivity contribution is 6.02. The van der Waals surface area contributed by atoms with E-state index in [9.17, 15) is 23.6 Å². The Morgan fingerprint density at radius 2 is 1.76 bits per heavy atom. The lowest BCUT2D eigenvalue weighted by atomic mass is 10.1. The molecule has 2 saturated heterocycles. The van der Waals surface area contributed by atoms with Crippen molar-refractivity contribution in [3.63, 3.8) is 0 Å². The fourth-order valence-electron chi connectivity index (χ4n) is 3.65. The highest BCUT2D eigenvalue weighted by Gasteiger charge is 2.44. The topological polar surface area (TPSA) is 112 Å². The number of rotatable bonds is 5. The van der Waals surface area contributed by atoms with Crippen molar-refractivity contribution in [2.24, 2.45) is 0 Å². The maximum absolute atomic E-state index is 14.5. The summed E-state index contributed by atoms with van der Waals surface area (Å²) in [5.41, 5.74) is -0.693. The Morgan fingerprint density at radius 3 is 2.38 bits per heavy atom. The average molecular weight is 480 g/mol. The number of esters is 2. The van der Waals surface area contributed by atoms with Gasteiger partial charge in [-0.25, -0.2) is 9.18 Å². The van der Waals surface area contributed by atoms with Gasteiger partial charge in [-0.15, -0.1) is 0 Å². The zero-order valence-electron chi connectivity index (χ0n) is 19.7. The van der Waals surface area contributed by atoms with Crippen molar-refractivity contribution in [2.75, 3.05) is 44.4 Å². The molecule has 1 aromatic rings. The molecule has 0 spiro atoms. The summed E-state index contributed by atoms with van der Waals surface area (Å²) < 4.78 is 35.6. The van der Waals surface area contributed by atoms with Crippen molar-refractivity contribution in [3.05, 3.63) is 29.6 Å².